The third-order valence-corrected chi connectivity index (χ3v) is 2.71. The van der Waals surface area contributed by atoms with Crippen LogP contribution in [0.1, 0.15) is 50.7 Å². The van der Waals surface area contributed by atoms with Gasteiger partial charge < -0.3 is 5.32 Å². The van der Waals surface area contributed by atoms with E-state index in [1.54, 1.807) is 6.07 Å². The van der Waals surface area contributed by atoms with Gasteiger partial charge in [0.2, 0.25) is 0 Å². The average Bonchev–Trinajstić information content (AvgIpc) is 3.14. The van der Waals surface area contributed by atoms with Gasteiger partial charge in [-0.05, 0) is 37.3 Å². The van der Waals surface area contributed by atoms with Crippen molar-refractivity contribution in [3.63, 3.8) is 0 Å². The fraction of sp³-hybridized carbons (Fsp3) is 0.467. The zero-order chi connectivity index (χ0) is 12.8. The minimum Gasteiger partial charge on any atom is -0.385 e. The predicted molar refractivity (Wildman–Crippen MR) is 71.4 cm³/mol. The molecule has 0 atom stereocenters. The molecule has 0 heterocycles. The number of halogens is 1. The molecule has 0 saturated heterocycles. The van der Waals surface area contributed by atoms with Gasteiger partial charge in [0.25, 0.3) is 0 Å². The van der Waals surface area contributed by atoms with Crippen molar-refractivity contribution in [1.82, 2.24) is 5.32 Å². The Hall–Kier alpha value is -1.31. The third-order valence-electron chi connectivity index (χ3n) is 2.71. The van der Waals surface area contributed by atoms with E-state index in [0.717, 1.165) is 11.3 Å². The first-order valence-corrected chi connectivity index (χ1v) is 6.34. The molecule has 2 rings (SSSR count). The SMILES string of the molecule is C=C(C)NCc1ccc(C2CC2)cc1F.CC. The van der Waals surface area contributed by atoms with Crippen LogP contribution in [0.3, 0.4) is 0 Å². The van der Waals surface area contributed by atoms with Crippen LogP contribution in [0.15, 0.2) is 30.5 Å². The first-order valence-electron chi connectivity index (χ1n) is 6.34. The molecule has 0 amide bonds. The second-order valence-corrected chi connectivity index (χ2v) is 4.26. The summed E-state index contributed by atoms with van der Waals surface area (Å²) in [5.74, 6) is 0.510. The van der Waals surface area contributed by atoms with E-state index in [1.807, 2.05) is 32.9 Å². The van der Waals surface area contributed by atoms with Crippen LogP contribution in [0.2, 0.25) is 0 Å². The van der Waals surface area contributed by atoms with E-state index in [-0.39, 0.29) is 5.82 Å². The van der Waals surface area contributed by atoms with E-state index in [0.29, 0.717) is 18.0 Å². The lowest BCUT2D eigenvalue weighted by Crippen LogP contribution is -2.10. The summed E-state index contributed by atoms with van der Waals surface area (Å²) in [4.78, 5) is 0. The quantitative estimate of drug-likeness (QED) is 0.818. The van der Waals surface area contributed by atoms with E-state index in [9.17, 15) is 4.39 Å². The molecule has 1 aliphatic carbocycles. The fourth-order valence-electron chi connectivity index (χ4n) is 1.62. The second kappa shape index (κ2) is 6.43. The molecule has 1 saturated carbocycles. The highest BCUT2D eigenvalue weighted by Gasteiger charge is 2.23. The highest BCUT2D eigenvalue weighted by molar-refractivity contribution is 5.29. The van der Waals surface area contributed by atoms with Crippen molar-refractivity contribution in [2.45, 2.75) is 46.1 Å². The molecule has 2 heteroatoms. The molecule has 94 valence electrons. The molecule has 1 aromatic rings. The van der Waals surface area contributed by atoms with Gasteiger partial charge in [0, 0.05) is 17.8 Å². The molecule has 0 aromatic heterocycles. The van der Waals surface area contributed by atoms with Gasteiger partial charge in [-0.3, -0.25) is 0 Å². The van der Waals surface area contributed by atoms with Crippen molar-refractivity contribution in [3.05, 3.63) is 47.4 Å². The van der Waals surface area contributed by atoms with E-state index >= 15 is 0 Å². The van der Waals surface area contributed by atoms with E-state index in [4.69, 9.17) is 0 Å². The molecular weight excluding hydrogens is 213 g/mol. The molecule has 0 bridgehead atoms. The van der Waals surface area contributed by atoms with Crippen LogP contribution >= 0.6 is 0 Å². The molecule has 0 radical (unpaired) electrons. The molecular formula is C15H22FN. The molecule has 1 N–H and O–H groups in total. The van der Waals surface area contributed by atoms with Gasteiger partial charge in [-0.25, -0.2) is 4.39 Å². The molecule has 17 heavy (non-hydrogen) atoms. The predicted octanol–water partition coefficient (Wildman–Crippen LogP) is 4.35. The van der Waals surface area contributed by atoms with Crippen LogP contribution in [-0.4, -0.2) is 0 Å². The van der Waals surface area contributed by atoms with E-state index < -0.39 is 0 Å². The zero-order valence-electron chi connectivity index (χ0n) is 11.0. The molecule has 0 unspecified atom stereocenters. The van der Waals surface area contributed by atoms with Gasteiger partial charge >= 0.3 is 0 Å². The number of nitrogens with one attached hydrogen (secondary N) is 1. The van der Waals surface area contributed by atoms with Crippen molar-refractivity contribution in [3.8, 4) is 0 Å². The monoisotopic (exact) mass is 235 g/mol. The van der Waals surface area contributed by atoms with Gasteiger partial charge in [0.05, 0.1) is 0 Å². The van der Waals surface area contributed by atoms with Crippen molar-refractivity contribution in [2.24, 2.45) is 0 Å². The lowest BCUT2D eigenvalue weighted by molar-refractivity contribution is 0.599. The molecule has 1 fully saturated rings. The van der Waals surface area contributed by atoms with Gasteiger partial charge in [-0.15, -0.1) is 0 Å². The maximum atomic E-state index is 13.6. The summed E-state index contributed by atoms with van der Waals surface area (Å²) >= 11 is 0. The summed E-state index contributed by atoms with van der Waals surface area (Å²) in [6.07, 6.45) is 2.42. The minimum atomic E-state index is -0.104. The van der Waals surface area contributed by atoms with Crippen molar-refractivity contribution < 1.29 is 4.39 Å². The molecule has 1 nitrogen and oxygen atoms in total. The summed E-state index contributed by atoms with van der Waals surface area (Å²) in [6.45, 7) is 10.1. The Balaban J connectivity index is 0.000000686. The van der Waals surface area contributed by atoms with Gasteiger partial charge in [0.1, 0.15) is 5.82 Å². The summed E-state index contributed by atoms with van der Waals surface area (Å²) in [6, 6.07) is 5.59. The maximum absolute atomic E-state index is 13.6. The van der Waals surface area contributed by atoms with Crippen molar-refractivity contribution >= 4 is 0 Å². The summed E-state index contributed by atoms with van der Waals surface area (Å²) < 4.78 is 13.6. The average molecular weight is 235 g/mol. The van der Waals surface area contributed by atoms with Gasteiger partial charge in [0.15, 0.2) is 0 Å². The first kappa shape index (κ1) is 13.8. The van der Waals surface area contributed by atoms with Crippen LogP contribution in [0, 0.1) is 5.82 Å². The molecule has 0 aliphatic heterocycles. The minimum absolute atomic E-state index is 0.104. The highest BCUT2D eigenvalue weighted by atomic mass is 19.1. The lowest BCUT2D eigenvalue weighted by atomic mass is 10.1. The Morgan fingerprint density at radius 1 is 1.41 bits per heavy atom. The topological polar surface area (TPSA) is 12.0 Å². The van der Waals surface area contributed by atoms with E-state index in [2.05, 4.69) is 11.9 Å². The Bertz CT molecular complexity index is 381. The smallest absolute Gasteiger partial charge is 0.128 e. The number of benzene rings is 1. The standard InChI is InChI=1S/C13H16FN.C2H6/c1-9(2)15-8-12-6-5-11(7-13(12)14)10-3-4-10;1-2/h5-7,10,15H,1,3-4,8H2,2H3;1-2H3. The summed E-state index contributed by atoms with van der Waals surface area (Å²) in [5, 5.41) is 3.03. The third kappa shape index (κ3) is 4.22. The number of allylic oxidation sites excluding steroid dienone is 1. The maximum Gasteiger partial charge on any atom is 0.128 e. The van der Waals surface area contributed by atoms with Crippen LogP contribution in [0.25, 0.3) is 0 Å². The Kier molecular flexibility index (Phi) is 5.20. The molecule has 1 aromatic carbocycles. The first-order chi connectivity index (χ1) is 8.16. The Labute approximate surface area is 104 Å². The van der Waals surface area contributed by atoms with Gasteiger partial charge in [-0.2, -0.15) is 0 Å². The zero-order valence-corrected chi connectivity index (χ0v) is 11.0. The van der Waals surface area contributed by atoms with Crippen LogP contribution in [0.5, 0.6) is 0 Å². The molecule has 0 spiro atoms. The second-order valence-electron chi connectivity index (χ2n) is 4.26. The summed E-state index contributed by atoms with van der Waals surface area (Å²) in [5.41, 5.74) is 2.72. The number of hydrogen-bond acceptors (Lipinski definition) is 1. The highest BCUT2D eigenvalue weighted by Crippen LogP contribution is 2.40. The number of hydrogen-bond donors (Lipinski definition) is 1. The van der Waals surface area contributed by atoms with Crippen LogP contribution in [-0.2, 0) is 6.54 Å². The van der Waals surface area contributed by atoms with Crippen molar-refractivity contribution in [2.75, 3.05) is 0 Å². The lowest BCUT2D eigenvalue weighted by Gasteiger charge is -2.07. The van der Waals surface area contributed by atoms with Gasteiger partial charge in [-0.1, -0.05) is 32.6 Å². The van der Waals surface area contributed by atoms with E-state index in [1.165, 1.54) is 12.8 Å². The fourth-order valence-corrected chi connectivity index (χ4v) is 1.62. The normalized spacial score (nSPS) is 13.6. The van der Waals surface area contributed by atoms with Crippen molar-refractivity contribution in [1.29, 1.82) is 0 Å². The Morgan fingerprint density at radius 3 is 2.53 bits per heavy atom. The Morgan fingerprint density at radius 2 is 2.06 bits per heavy atom. The van der Waals surface area contributed by atoms with Crippen LogP contribution < -0.4 is 5.32 Å². The summed E-state index contributed by atoms with van der Waals surface area (Å²) in [7, 11) is 0. The largest absolute Gasteiger partial charge is 0.385 e. The number of rotatable bonds is 4. The van der Waals surface area contributed by atoms with Crippen LogP contribution in [0.4, 0.5) is 4.39 Å². The molecule has 1 aliphatic rings.